The summed E-state index contributed by atoms with van der Waals surface area (Å²) in [5, 5.41) is 6.65. The third kappa shape index (κ3) is 8.37. The lowest BCUT2D eigenvalue weighted by atomic mass is 10.0. The number of allylic oxidation sites excluding steroid dienone is 1. The first-order valence-electron chi connectivity index (χ1n) is 11.9. The fourth-order valence-corrected chi connectivity index (χ4v) is 4.23. The normalized spacial score (nSPS) is 12.5. The molecule has 11 nitrogen and oxygen atoms in total. The second-order valence-electron chi connectivity index (χ2n) is 7.92. The van der Waals surface area contributed by atoms with Gasteiger partial charge in [0.1, 0.15) is 11.8 Å². The van der Waals surface area contributed by atoms with Crippen LogP contribution in [0.5, 0.6) is 5.75 Å². The lowest BCUT2D eigenvalue weighted by Gasteiger charge is -2.28. The molecule has 2 N–H and O–H groups in total. The van der Waals surface area contributed by atoms with Gasteiger partial charge in [-0.2, -0.15) is 0 Å². The number of benzene rings is 1. The standard InChI is InChI=1S/C26H31FN4O7S/c1-6-9-17(38-8-3)13-21(23(33)30-25-28-20(14-39-25)24(34)37-5)31(15-32)26(35)29-19(7-2)16-10-11-22(36-4)18(27)12-16/h8-12,14-15,19,21H,3,6-7,13H2,1-2,4-5H3,(H,29,35)(H,28,30,33)/b17-9-. The molecule has 0 aliphatic rings. The number of anilines is 1. The predicted molar refractivity (Wildman–Crippen MR) is 143 cm³/mol. The quantitative estimate of drug-likeness (QED) is 0.194. The largest absolute Gasteiger partial charge is 0.494 e. The van der Waals surface area contributed by atoms with Gasteiger partial charge in [0.2, 0.25) is 12.3 Å². The zero-order valence-electron chi connectivity index (χ0n) is 22.1. The van der Waals surface area contributed by atoms with Crippen LogP contribution in [0.25, 0.3) is 0 Å². The highest BCUT2D eigenvalue weighted by Gasteiger charge is 2.33. The lowest BCUT2D eigenvalue weighted by molar-refractivity contribution is -0.127. The molecule has 4 amide bonds. The SMILES string of the molecule is C=CO/C(=C\CC)CC(C(=O)Nc1nc(C(=O)OC)cs1)N(C=O)C(=O)NC(CC)c1ccc(OC)c(F)c1. The van der Waals surface area contributed by atoms with Crippen LogP contribution in [-0.4, -0.2) is 54.5 Å². The Kier molecular flexibility index (Phi) is 12.1. The number of ether oxygens (including phenoxy) is 3. The zero-order valence-corrected chi connectivity index (χ0v) is 22.9. The van der Waals surface area contributed by atoms with E-state index < -0.39 is 35.8 Å². The molecule has 13 heteroatoms. The van der Waals surface area contributed by atoms with E-state index in [4.69, 9.17) is 9.47 Å². The minimum Gasteiger partial charge on any atom is -0.494 e. The van der Waals surface area contributed by atoms with E-state index in [-0.39, 0.29) is 29.4 Å². The average Bonchev–Trinajstić information content (AvgIpc) is 3.39. The number of carbonyl (C=O) groups is 4. The van der Waals surface area contributed by atoms with E-state index in [1.54, 1.807) is 19.1 Å². The third-order valence-electron chi connectivity index (χ3n) is 5.46. The van der Waals surface area contributed by atoms with Crippen molar-refractivity contribution in [2.75, 3.05) is 19.5 Å². The molecule has 2 aromatic rings. The molecule has 0 fully saturated rings. The minimum absolute atomic E-state index is 0.0154. The van der Waals surface area contributed by atoms with Gasteiger partial charge < -0.3 is 24.8 Å². The summed E-state index contributed by atoms with van der Waals surface area (Å²) < 4.78 is 29.2. The molecule has 0 spiro atoms. The molecule has 1 heterocycles. The van der Waals surface area contributed by atoms with Crippen molar-refractivity contribution in [2.24, 2.45) is 0 Å². The number of hydrogen-bond acceptors (Lipinski definition) is 9. The second kappa shape index (κ2) is 15.2. The van der Waals surface area contributed by atoms with Gasteiger partial charge in [-0.1, -0.05) is 26.5 Å². The maximum Gasteiger partial charge on any atom is 0.357 e. The topological polar surface area (TPSA) is 136 Å². The van der Waals surface area contributed by atoms with Gasteiger partial charge >= 0.3 is 12.0 Å². The van der Waals surface area contributed by atoms with E-state index in [2.05, 4.69) is 26.9 Å². The molecule has 210 valence electrons. The van der Waals surface area contributed by atoms with Crippen LogP contribution in [-0.2, 0) is 19.1 Å². The second-order valence-corrected chi connectivity index (χ2v) is 8.78. The van der Waals surface area contributed by atoms with Crippen molar-refractivity contribution in [2.45, 2.75) is 45.2 Å². The van der Waals surface area contributed by atoms with Crippen molar-refractivity contribution in [1.82, 2.24) is 15.2 Å². The van der Waals surface area contributed by atoms with Crippen molar-refractivity contribution in [1.29, 1.82) is 0 Å². The Morgan fingerprint density at radius 2 is 2.00 bits per heavy atom. The molecule has 1 aromatic heterocycles. The Bertz CT molecular complexity index is 1220. The van der Waals surface area contributed by atoms with Crippen molar-refractivity contribution in [3.8, 4) is 5.75 Å². The molecule has 0 aliphatic carbocycles. The Morgan fingerprint density at radius 3 is 2.56 bits per heavy atom. The Labute approximate surface area is 229 Å². The molecule has 0 radical (unpaired) electrons. The Morgan fingerprint density at radius 1 is 1.26 bits per heavy atom. The van der Waals surface area contributed by atoms with Crippen LogP contribution < -0.4 is 15.4 Å². The summed E-state index contributed by atoms with van der Waals surface area (Å²) in [4.78, 5) is 55.2. The van der Waals surface area contributed by atoms with E-state index in [0.29, 0.717) is 29.1 Å². The van der Waals surface area contributed by atoms with Crippen LogP contribution in [0.15, 0.2) is 48.3 Å². The number of urea groups is 1. The van der Waals surface area contributed by atoms with E-state index in [1.807, 2.05) is 6.92 Å². The number of methoxy groups -OCH3 is 2. The van der Waals surface area contributed by atoms with Gasteiger partial charge in [-0.05, 0) is 36.6 Å². The van der Waals surface area contributed by atoms with Crippen LogP contribution >= 0.6 is 11.3 Å². The first-order valence-corrected chi connectivity index (χ1v) is 12.8. The molecule has 0 aliphatic heterocycles. The number of carbonyl (C=O) groups excluding carboxylic acids is 4. The van der Waals surface area contributed by atoms with Gasteiger partial charge in [-0.3, -0.25) is 14.5 Å². The van der Waals surface area contributed by atoms with E-state index in [0.717, 1.165) is 17.6 Å². The summed E-state index contributed by atoms with van der Waals surface area (Å²) in [7, 11) is 2.53. The molecule has 0 saturated carbocycles. The van der Waals surface area contributed by atoms with Gasteiger partial charge in [0.05, 0.1) is 26.5 Å². The molecule has 1 aromatic carbocycles. The molecule has 2 rings (SSSR count). The Hall–Kier alpha value is -4.26. The van der Waals surface area contributed by atoms with Crippen molar-refractivity contribution < 1.29 is 37.8 Å². The number of aromatic nitrogens is 1. The number of amides is 4. The molecule has 39 heavy (non-hydrogen) atoms. The number of thiazole rings is 1. The van der Waals surface area contributed by atoms with Crippen LogP contribution in [0, 0.1) is 5.82 Å². The molecule has 0 saturated heterocycles. The summed E-state index contributed by atoms with van der Waals surface area (Å²) >= 11 is 0.963. The Balaban J connectivity index is 2.36. The van der Waals surface area contributed by atoms with E-state index in [9.17, 15) is 23.6 Å². The monoisotopic (exact) mass is 562 g/mol. The van der Waals surface area contributed by atoms with Crippen LogP contribution in [0.3, 0.4) is 0 Å². The van der Waals surface area contributed by atoms with Gasteiger partial charge in [-0.15, -0.1) is 11.3 Å². The van der Waals surface area contributed by atoms with Gasteiger partial charge in [0.15, 0.2) is 22.4 Å². The maximum absolute atomic E-state index is 14.3. The number of nitrogens with zero attached hydrogens (tertiary/aromatic N) is 2. The van der Waals surface area contributed by atoms with E-state index in [1.165, 1.54) is 31.7 Å². The fourth-order valence-electron chi connectivity index (χ4n) is 3.55. The molecular weight excluding hydrogens is 531 g/mol. The number of imide groups is 1. The highest BCUT2D eigenvalue weighted by molar-refractivity contribution is 7.14. The molecule has 2 unspecified atom stereocenters. The van der Waals surface area contributed by atoms with Crippen molar-refractivity contribution in [3.05, 3.63) is 65.3 Å². The molecule has 0 bridgehead atoms. The minimum atomic E-state index is -1.38. The van der Waals surface area contributed by atoms with Crippen LogP contribution in [0.4, 0.5) is 14.3 Å². The smallest absolute Gasteiger partial charge is 0.357 e. The summed E-state index contributed by atoms with van der Waals surface area (Å²) in [6.45, 7) is 7.13. The molecule has 2 atom stereocenters. The highest BCUT2D eigenvalue weighted by atomic mass is 32.1. The third-order valence-corrected chi connectivity index (χ3v) is 6.22. The highest BCUT2D eigenvalue weighted by Crippen LogP contribution is 2.25. The zero-order chi connectivity index (χ0) is 28.9. The summed E-state index contributed by atoms with van der Waals surface area (Å²) in [5.41, 5.74) is 0.425. The molecular formula is C26H31FN4O7S. The van der Waals surface area contributed by atoms with Crippen LogP contribution in [0.1, 0.15) is 55.2 Å². The first kappa shape index (κ1) is 31.0. The van der Waals surface area contributed by atoms with Crippen molar-refractivity contribution >= 4 is 40.8 Å². The first-order chi connectivity index (χ1) is 18.7. The van der Waals surface area contributed by atoms with Gasteiger partial charge in [-0.25, -0.2) is 19.0 Å². The van der Waals surface area contributed by atoms with Crippen LogP contribution in [0.2, 0.25) is 0 Å². The number of hydrogen-bond donors (Lipinski definition) is 2. The van der Waals surface area contributed by atoms with E-state index >= 15 is 0 Å². The fraction of sp³-hybridized carbons (Fsp3) is 0.346. The number of nitrogens with one attached hydrogen (secondary N) is 2. The summed E-state index contributed by atoms with van der Waals surface area (Å²) in [5.74, 6) is -1.73. The maximum atomic E-state index is 14.3. The average molecular weight is 563 g/mol. The predicted octanol–water partition coefficient (Wildman–Crippen LogP) is 4.55. The van der Waals surface area contributed by atoms with Gasteiger partial charge in [0.25, 0.3) is 0 Å². The number of halogens is 1. The summed E-state index contributed by atoms with van der Waals surface area (Å²) in [6, 6.07) is 1.30. The lowest BCUT2D eigenvalue weighted by Crippen LogP contribution is -2.51. The summed E-state index contributed by atoms with van der Waals surface area (Å²) in [6.07, 6.45) is 3.78. The van der Waals surface area contributed by atoms with Gasteiger partial charge in [0, 0.05) is 11.8 Å². The number of rotatable bonds is 14. The number of esters is 1. The van der Waals surface area contributed by atoms with Crippen molar-refractivity contribution in [3.63, 3.8) is 0 Å².